The number of carbonyl (C=O) groups is 1. The second kappa shape index (κ2) is 12.9. The second-order valence-electron chi connectivity index (χ2n) is 9.18. The monoisotopic (exact) mass is 543 g/mol. The Labute approximate surface area is 233 Å². The van der Waals surface area contributed by atoms with Crippen molar-refractivity contribution in [3.05, 3.63) is 119 Å². The van der Waals surface area contributed by atoms with E-state index >= 15 is 0 Å². The Hall–Kier alpha value is -4.36. The van der Waals surface area contributed by atoms with E-state index in [9.17, 15) is 4.79 Å². The maximum absolute atomic E-state index is 12.1. The SMILES string of the molecule is COc1cc(C=NNC(=O)c2ccncc2)cc(Cl)c1OCCOc1ccc(C(C)(C)c2ccccc2)cc1. The molecule has 0 radical (unpaired) electrons. The minimum Gasteiger partial charge on any atom is -0.493 e. The summed E-state index contributed by atoms with van der Waals surface area (Å²) in [5.41, 5.74) is 5.90. The van der Waals surface area contributed by atoms with Crippen molar-refractivity contribution in [1.29, 1.82) is 0 Å². The van der Waals surface area contributed by atoms with Crippen LogP contribution in [-0.2, 0) is 5.41 Å². The van der Waals surface area contributed by atoms with Crippen LogP contribution >= 0.6 is 11.6 Å². The number of hydrazone groups is 1. The second-order valence-corrected chi connectivity index (χ2v) is 9.59. The largest absolute Gasteiger partial charge is 0.493 e. The predicted molar refractivity (Wildman–Crippen MR) is 153 cm³/mol. The number of methoxy groups -OCH3 is 1. The molecule has 1 amide bonds. The van der Waals surface area contributed by atoms with Gasteiger partial charge in [-0.25, -0.2) is 5.43 Å². The van der Waals surface area contributed by atoms with Gasteiger partial charge >= 0.3 is 0 Å². The summed E-state index contributed by atoms with van der Waals surface area (Å²) in [7, 11) is 1.53. The van der Waals surface area contributed by atoms with Gasteiger partial charge in [-0.2, -0.15) is 5.10 Å². The van der Waals surface area contributed by atoms with E-state index < -0.39 is 0 Å². The lowest BCUT2D eigenvalue weighted by molar-refractivity contribution is 0.0955. The van der Waals surface area contributed by atoms with Crippen molar-refractivity contribution in [2.24, 2.45) is 5.10 Å². The summed E-state index contributed by atoms with van der Waals surface area (Å²) in [5, 5.41) is 4.34. The molecule has 0 atom stereocenters. The van der Waals surface area contributed by atoms with Gasteiger partial charge in [-0.05, 0) is 53.1 Å². The Kier molecular flexibility index (Phi) is 9.18. The molecule has 0 saturated carbocycles. The molecule has 4 rings (SSSR count). The number of nitrogens with zero attached hydrogens (tertiary/aromatic N) is 2. The molecule has 3 aromatic carbocycles. The summed E-state index contributed by atoms with van der Waals surface area (Å²) in [6, 6.07) is 25.1. The molecule has 0 aliphatic carbocycles. The van der Waals surface area contributed by atoms with E-state index in [1.165, 1.54) is 36.8 Å². The van der Waals surface area contributed by atoms with Gasteiger partial charge < -0.3 is 14.2 Å². The van der Waals surface area contributed by atoms with E-state index in [4.69, 9.17) is 25.8 Å². The minimum absolute atomic E-state index is 0.113. The van der Waals surface area contributed by atoms with Gasteiger partial charge in [0.1, 0.15) is 19.0 Å². The van der Waals surface area contributed by atoms with Gasteiger partial charge in [-0.3, -0.25) is 9.78 Å². The van der Waals surface area contributed by atoms with Crippen LogP contribution in [0.4, 0.5) is 0 Å². The number of halogens is 1. The van der Waals surface area contributed by atoms with E-state index in [2.05, 4.69) is 65.8 Å². The summed E-state index contributed by atoms with van der Waals surface area (Å²) in [6.45, 7) is 5.01. The zero-order valence-corrected chi connectivity index (χ0v) is 22.8. The number of hydrogen-bond donors (Lipinski definition) is 1. The third kappa shape index (κ3) is 7.15. The number of aromatic nitrogens is 1. The quantitative estimate of drug-likeness (QED) is 0.136. The fraction of sp³-hybridized carbons (Fsp3) is 0.194. The van der Waals surface area contributed by atoms with E-state index in [1.54, 1.807) is 24.3 Å². The van der Waals surface area contributed by atoms with Gasteiger partial charge in [-0.1, -0.05) is 67.9 Å². The van der Waals surface area contributed by atoms with Gasteiger partial charge in [0.25, 0.3) is 5.91 Å². The van der Waals surface area contributed by atoms with E-state index in [0.717, 1.165) is 5.75 Å². The van der Waals surface area contributed by atoms with Gasteiger partial charge in [0, 0.05) is 23.4 Å². The lowest BCUT2D eigenvalue weighted by Crippen LogP contribution is -2.18. The first-order valence-corrected chi connectivity index (χ1v) is 12.8. The minimum atomic E-state index is -0.346. The summed E-state index contributed by atoms with van der Waals surface area (Å²) in [4.78, 5) is 16.0. The van der Waals surface area contributed by atoms with Crippen molar-refractivity contribution >= 4 is 23.7 Å². The normalized spacial score (nSPS) is 11.3. The van der Waals surface area contributed by atoms with Crippen LogP contribution in [0, 0.1) is 0 Å². The van der Waals surface area contributed by atoms with E-state index in [0.29, 0.717) is 34.3 Å². The molecular weight excluding hydrogens is 514 g/mol. The van der Waals surface area contributed by atoms with Crippen molar-refractivity contribution in [2.45, 2.75) is 19.3 Å². The third-order valence-electron chi connectivity index (χ3n) is 6.24. The molecule has 0 spiro atoms. The Bertz CT molecular complexity index is 1410. The van der Waals surface area contributed by atoms with Gasteiger partial charge in [0.15, 0.2) is 11.5 Å². The van der Waals surface area contributed by atoms with E-state index in [-0.39, 0.29) is 17.9 Å². The lowest BCUT2D eigenvalue weighted by Gasteiger charge is -2.26. The van der Waals surface area contributed by atoms with Crippen molar-refractivity contribution in [3.8, 4) is 17.2 Å². The topological polar surface area (TPSA) is 82.0 Å². The Morgan fingerprint density at radius 2 is 1.62 bits per heavy atom. The number of hydrogen-bond acceptors (Lipinski definition) is 6. The molecule has 200 valence electrons. The number of nitrogens with one attached hydrogen (secondary N) is 1. The van der Waals surface area contributed by atoms with Gasteiger partial charge in [0.05, 0.1) is 18.3 Å². The molecule has 8 heteroatoms. The van der Waals surface area contributed by atoms with E-state index in [1.807, 2.05) is 18.2 Å². The molecule has 0 bridgehead atoms. The number of pyridine rings is 1. The number of ether oxygens (including phenoxy) is 3. The molecule has 0 saturated heterocycles. The number of carbonyl (C=O) groups excluding carboxylic acids is 1. The highest BCUT2D eigenvalue weighted by atomic mass is 35.5. The van der Waals surface area contributed by atoms with Crippen LogP contribution in [0.3, 0.4) is 0 Å². The van der Waals surface area contributed by atoms with Gasteiger partial charge in [0.2, 0.25) is 0 Å². The zero-order valence-electron chi connectivity index (χ0n) is 22.1. The highest BCUT2D eigenvalue weighted by Gasteiger charge is 2.22. The van der Waals surface area contributed by atoms with Crippen LogP contribution < -0.4 is 19.6 Å². The smallest absolute Gasteiger partial charge is 0.271 e. The van der Waals surface area contributed by atoms with Gasteiger partial charge in [-0.15, -0.1) is 0 Å². The predicted octanol–water partition coefficient (Wildman–Crippen LogP) is 6.29. The molecule has 1 aromatic heterocycles. The molecule has 39 heavy (non-hydrogen) atoms. The highest BCUT2D eigenvalue weighted by Crippen LogP contribution is 2.36. The average molecular weight is 544 g/mol. The zero-order chi connectivity index (χ0) is 27.7. The maximum atomic E-state index is 12.1. The number of rotatable bonds is 11. The molecule has 0 aliphatic heterocycles. The molecule has 0 fully saturated rings. The van der Waals surface area contributed by atoms with Crippen LogP contribution in [0.2, 0.25) is 5.02 Å². The summed E-state index contributed by atoms with van der Waals surface area (Å²) < 4.78 is 17.2. The van der Waals surface area contributed by atoms with Crippen molar-refractivity contribution in [2.75, 3.05) is 20.3 Å². The number of amides is 1. The summed E-state index contributed by atoms with van der Waals surface area (Å²) >= 11 is 6.46. The molecular formula is C31H30ClN3O4. The standard InChI is InChI=1S/C31H30ClN3O4/c1-31(2,24-7-5-4-6-8-24)25-9-11-26(12-10-25)38-17-18-39-29-27(32)19-22(20-28(29)37-3)21-34-35-30(36)23-13-15-33-16-14-23/h4-16,19-21H,17-18H2,1-3H3,(H,35,36). The maximum Gasteiger partial charge on any atom is 0.271 e. The third-order valence-corrected chi connectivity index (χ3v) is 6.52. The Morgan fingerprint density at radius 1 is 0.949 bits per heavy atom. The lowest BCUT2D eigenvalue weighted by atomic mass is 9.78. The van der Waals surface area contributed by atoms with Crippen molar-refractivity contribution < 1.29 is 19.0 Å². The molecule has 4 aromatic rings. The molecule has 0 aliphatic rings. The van der Waals surface area contributed by atoms with Crippen molar-refractivity contribution in [1.82, 2.24) is 10.4 Å². The molecule has 1 N–H and O–H groups in total. The van der Waals surface area contributed by atoms with Crippen molar-refractivity contribution in [3.63, 3.8) is 0 Å². The fourth-order valence-corrected chi connectivity index (χ4v) is 4.25. The fourth-order valence-electron chi connectivity index (χ4n) is 3.98. The Morgan fingerprint density at radius 3 is 2.31 bits per heavy atom. The van der Waals surface area contributed by atoms with Crippen LogP contribution in [0.15, 0.2) is 96.4 Å². The first-order chi connectivity index (χ1) is 18.9. The molecule has 7 nitrogen and oxygen atoms in total. The molecule has 0 unspecified atom stereocenters. The number of benzene rings is 3. The molecule has 1 heterocycles. The Balaban J connectivity index is 1.31. The summed E-state index contributed by atoms with van der Waals surface area (Å²) in [6.07, 6.45) is 4.55. The van der Waals surface area contributed by atoms with Crippen LogP contribution in [0.25, 0.3) is 0 Å². The highest BCUT2D eigenvalue weighted by molar-refractivity contribution is 6.32. The first-order valence-electron chi connectivity index (χ1n) is 12.4. The summed E-state index contributed by atoms with van der Waals surface area (Å²) in [5.74, 6) is 1.25. The first kappa shape index (κ1) is 27.7. The van der Waals surface area contributed by atoms with Crippen LogP contribution in [0.5, 0.6) is 17.2 Å². The van der Waals surface area contributed by atoms with Crippen LogP contribution in [0.1, 0.15) is 40.9 Å². The van der Waals surface area contributed by atoms with Crippen LogP contribution in [-0.4, -0.2) is 37.4 Å². The average Bonchev–Trinajstić information content (AvgIpc) is 2.97.